The summed E-state index contributed by atoms with van der Waals surface area (Å²) in [5, 5.41) is 8.12. The fourth-order valence-electron chi connectivity index (χ4n) is 12.4. The molecule has 0 amide bonds. The van der Waals surface area contributed by atoms with Gasteiger partial charge in [0.05, 0.1) is 5.41 Å². The molecule has 0 bridgehead atoms. The Kier molecular flexibility index (Phi) is 8.28. The van der Waals surface area contributed by atoms with Crippen molar-refractivity contribution >= 4 is 56.7 Å². The van der Waals surface area contributed by atoms with Gasteiger partial charge in [-0.15, -0.1) is 0 Å². The van der Waals surface area contributed by atoms with Crippen LogP contribution in [0.1, 0.15) is 22.3 Å². The highest BCUT2D eigenvalue weighted by Gasteiger charge is 2.52. The molecule has 312 valence electrons. The van der Waals surface area contributed by atoms with Crippen LogP contribution >= 0.6 is 0 Å². The van der Waals surface area contributed by atoms with Crippen LogP contribution in [0, 0.1) is 0 Å². The molecule has 0 radical (unpaired) electrons. The summed E-state index contributed by atoms with van der Waals surface area (Å²) in [6.45, 7) is 0. The third kappa shape index (κ3) is 5.30. The molecule has 1 heterocycles. The summed E-state index contributed by atoms with van der Waals surface area (Å²) in [6.07, 6.45) is 0. The van der Waals surface area contributed by atoms with Gasteiger partial charge in [0.1, 0.15) is 0 Å². The summed E-state index contributed by atoms with van der Waals surface area (Å²) in [7, 11) is -2.71. The quantitative estimate of drug-likeness (QED) is 0.151. The van der Waals surface area contributed by atoms with Gasteiger partial charge in [0.15, 0.2) is 8.07 Å². The summed E-state index contributed by atoms with van der Waals surface area (Å²) in [4.78, 5) is 2.46. The number of hydrogen-bond donors (Lipinski definition) is 0. The third-order valence-electron chi connectivity index (χ3n) is 15.1. The van der Waals surface area contributed by atoms with Gasteiger partial charge in [-0.1, -0.05) is 218 Å². The summed E-state index contributed by atoms with van der Waals surface area (Å²) >= 11 is 0. The first kappa shape index (κ1) is 38.0. The Morgan fingerprint density at radius 2 is 0.746 bits per heavy atom. The monoisotopic (exact) mass is 865 g/mol. The Morgan fingerprint density at radius 1 is 0.269 bits per heavy atom. The van der Waals surface area contributed by atoms with Crippen molar-refractivity contribution in [3.8, 4) is 44.5 Å². The van der Waals surface area contributed by atoms with Crippen molar-refractivity contribution in [3.05, 3.63) is 283 Å². The lowest BCUT2D eigenvalue weighted by molar-refractivity contribution is 0.794. The molecule has 0 fully saturated rings. The number of benzene rings is 11. The number of hydrogen-bond acceptors (Lipinski definition) is 1. The Balaban J connectivity index is 0.919. The highest BCUT2D eigenvalue weighted by atomic mass is 28.3. The third-order valence-corrected chi connectivity index (χ3v) is 20.0. The zero-order chi connectivity index (χ0) is 44.1. The van der Waals surface area contributed by atoms with Crippen LogP contribution in [0.25, 0.3) is 55.3 Å². The van der Waals surface area contributed by atoms with E-state index in [4.69, 9.17) is 0 Å². The summed E-state index contributed by atoms with van der Waals surface area (Å²) < 4.78 is 0. The topological polar surface area (TPSA) is 3.24 Å². The number of fused-ring (bicyclic) bond motifs is 14. The van der Waals surface area contributed by atoms with Crippen LogP contribution in [-0.4, -0.2) is 8.07 Å². The average molecular weight is 866 g/mol. The maximum atomic E-state index is 2.49. The molecule has 0 unspecified atom stereocenters. The predicted molar refractivity (Wildman–Crippen MR) is 283 cm³/mol. The second-order valence-corrected chi connectivity index (χ2v) is 22.1. The van der Waals surface area contributed by atoms with Crippen molar-refractivity contribution in [2.45, 2.75) is 5.41 Å². The van der Waals surface area contributed by atoms with E-state index in [1.54, 1.807) is 0 Å². The second-order valence-electron chi connectivity index (χ2n) is 18.3. The lowest BCUT2D eigenvalue weighted by Crippen LogP contribution is -2.72. The van der Waals surface area contributed by atoms with Gasteiger partial charge < -0.3 is 4.90 Å². The largest absolute Gasteiger partial charge is 0.310 e. The van der Waals surface area contributed by atoms with Crippen LogP contribution in [0.4, 0.5) is 17.1 Å². The summed E-state index contributed by atoms with van der Waals surface area (Å²) in [5.41, 5.74) is 18.9. The fraction of sp³-hybridized carbons (Fsp3) is 0.0154. The van der Waals surface area contributed by atoms with E-state index in [0.717, 1.165) is 17.1 Å². The normalized spacial score (nSPS) is 13.9. The number of rotatable bonds is 6. The van der Waals surface area contributed by atoms with Crippen molar-refractivity contribution < 1.29 is 0 Å². The lowest BCUT2D eigenvalue weighted by Gasteiger charge is -2.33. The maximum absolute atomic E-state index is 2.71. The molecule has 67 heavy (non-hydrogen) atoms. The molecule has 0 N–H and O–H groups in total. The van der Waals surface area contributed by atoms with Crippen LogP contribution in [0.5, 0.6) is 0 Å². The van der Waals surface area contributed by atoms with E-state index in [9.17, 15) is 0 Å². The molecular formula is C65H43NSi. The molecule has 1 nitrogen and oxygen atoms in total. The summed E-state index contributed by atoms with van der Waals surface area (Å²) in [5.74, 6) is 0. The summed E-state index contributed by atoms with van der Waals surface area (Å²) in [6, 6.07) is 98.2. The van der Waals surface area contributed by atoms with Gasteiger partial charge in [0.25, 0.3) is 0 Å². The molecule has 11 aromatic carbocycles. The minimum Gasteiger partial charge on any atom is -0.310 e. The van der Waals surface area contributed by atoms with E-state index in [-0.39, 0.29) is 5.41 Å². The van der Waals surface area contributed by atoms with Gasteiger partial charge in [0.2, 0.25) is 0 Å². The Morgan fingerprint density at radius 3 is 1.40 bits per heavy atom. The van der Waals surface area contributed by atoms with Crippen LogP contribution in [0.3, 0.4) is 0 Å². The molecule has 1 aliphatic heterocycles. The zero-order valence-corrected chi connectivity index (χ0v) is 37.8. The van der Waals surface area contributed by atoms with Crippen LogP contribution < -0.4 is 25.6 Å². The predicted octanol–water partition coefficient (Wildman–Crippen LogP) is 13.7. The molecule has 0 atom stereocenters. The highest BCUT2D eigenvalue weighted by Crippen LogP contribution is 2.63. The molecule has 14 rings (SSSR count). The van der Waals surface area contributed by atoms with E-state index in [1.165, 1.54) is 98.3 Å². The number of anilines is 3. The van der Waals surface area contributed by atoms with Crippen molar-refractivity contribution in [2.75, 3.05) is 4.90 Å². The van der Waals surface area contributed by atoms with Gasteiger partial charge in [-0.25, -0.2) is 0 Å². The first-order valence-corrected chi connectivity index (χ1v) is 25.4. The molecule has 0 aromatic heterocycles. The zero-order valence-electron chi connectivity index (χ0n) is 36.8. The molecule has 11 aromatic rings. The molecule has 2 heteroatoms. The Bertz CT molecular complexity index is 3680. The average Bonchev–Trinajstić information content (AvgIpc) is 3.99. The second kappa shape index (κ2) is 14.6. The lowest BCUT2D eigenvalue weighted by atomic mass is 9.70. The van der Waals surface area contributed by atoms with Gasteiger partial charge in [-0.3, -0.25) is 0 Å². The highest BCUT2D eigenvalue weighted by molar-refractivity contribution is 7.22. The Labute approximate surface area is 392 Å². The van der Waals surface area contributed by atoms with Gasteiger partial charge in [-0.05, 0) is 141 Å². The van der Waals surface area contributed by atoms with E-state index in [2.05, 4.69) is 266 Å². The van der Waals surface area contributed by atoms with Crippen LogP contribution in [0.15, 0.2) is 261 Å². The van der Waals surface area contributed by atoms with E-state index in [1.807, 2.05) is 0 Å². The van der Waals surface area contributed by atoms with E-state index in [0.29, 0.717) is 0 Å². The van der Waals surface area contributed by atoms with Crippen molar-refractivity contribution in [1.29, 1.82) is 0 Å². The van der Waals surface area contributed by atoms with E-state index < -0.39 is 8.07 Å². The molecule has 2 aliphatic carbocycles. The standard InChI is InChI=1S/C65H43NSi/c1-2-20-51(21-3-1)67(63-31-14-9-26-56(63)57-27-10-15-32-64(57)67)52-22-16-19-49(43-52)66(50-39-35-44-17-4-5-18-46(44)41-50)48-37-33-45(34-38-48)47-36-40-62-58(42-47)55-25-8-13-30-61(55)65(62)59-28-11-6-23-53(59)54-24-7-12-29-60(54)65/h1-43H. The molecule has 3 aliphatic rings. The van der Waals surface area contributed by atoms with Crippen LogP contribution in [0.2, 0.25) is 0 Å². The SMILES string of the molecule is c1ccc([Si]2(c3cccc(N(c4ccc(-c5ccc6c(c5)-c5ccccc5C65c6ccccc6-c6ccccc65)cc4)c4ccc5ccccc5c4)c3)c3ccccc3-c3ccccc32)cc1. The van der Waals surface area contributed by atoms with Crippen molar-refractivity contribution in [2.24, 2.45) is 0 Å². The minimum atomic E-state index is -2.71. The maximum Gasteiger partial charge on any atom is 0.180 e. The van der Waals surface area contributed by atoms with Crippen molar-refractivity contribution in [1.82, 2.24) is 0 Å². The fourth-order valence-corrected chi connectivity index (χ4v) is 17.6. The van der Waals surface area contributed by atoms with Crippen molar-refractivity contribution in [3.63, 3.8) is 0 Å². The van der Waals surface area contributed by atoms with E-state index >= 15 is 0 Å². The molecule has 0 saturated heterocycles. The smallest absolute Gasteiger partial charge is 0.180 e. The molecular weight excluding hydrogens is 823 g/mol. The molecule has 0 saturated carbocycles. The van der Waals surface area contributed by atoms with Gasteiger partial charge in [-0.2, -0.15) is 0 Å². The van der Waals surface area contributed by atoms with Gasteiger partial charge >= 0.3 is 0 Å². The van der Waals surface area contributed by atoms with Gasteiger partial charge in [0, 0.05) is 17.1 Å². The first-order chi connectivity index (χ1) is 33.2. The first-order valence-electron chi connectivity index (χ1n) is 23.4. The molecule has 1 spiro atoms. The minimum absolute atomic E-state index is 0.346. The Hall–Kier alpha value is -8.30. The van der Waals surface area contributed by atoms with Crippen LogP contribution in [-0.2, 0) is 5.41 Å². The number of nitrogens with zero attached hydrogens (tertiary/aromatic N) is 1.